The van der Waals surface area contributed by atoms with Crippen molar-refractivity contribution in [1.82, 2.24) is 0 Å². The summed E-state index contributed by atoms with van der Waals surface area (Å²) in [5.41, 5.74) is 1.06. The summed E-state index contributed by atoms with van der Waals surface area (Å²) < 4.78 is 11.8. The van der Waals surface area contributed by atoms with Crippen LogP contribution >= 0.6 is 23.2 Å². The molecule has 0 unspecified atom stereocenters. The largest absolute Gasteiger partial charge is 0.490 e. The molecule has 0 atom stereocenters. The van der Waals surface area contributed by atoms with Crippen molar-refractivity contribution in [3.8, 4) is 17.6 Å². The van der Waals surface area contributed by atoms with Crippen LogP contribution < -0.4 is 14.8 Å². The molecule has 0 heterocycles. The van der Waals surface area contributed by atoms with Crippen LogP contribution in [0.15, 0.2) is 78.4 Å². The van der Waals surface area contributed by atoms with Gasteiger partial charge in [0.15, 0.2) is 11.5 Å². The molecule has 0 aliphatic heterocycles. The number of nitro benzene ring substituents is 1. The third-order valence-electron chi connectivity index (χ3n) is 5.67. The van der Waals surface area contributed by atoms with Gasteiger partial charge in [-0.2, -0.15) is 5.26 Å². The van der Waals surface area contributed by atoms with Gasteiger partial charge in [-0.05, 0) is 53.1 Å². The number of rotatable bonds is 9. The van der Waals surface area contributed by atoms with Crippen LogP contribution in [0.3, 0.4) is 0 Å². The molecule has 0 radical (unpaired) electrons. The van der Waals surface area contributed by atoms with Gasteiger partial charge in [0.2, 0.25) is 0 Å². The Balaban J connectivity index is 1.58. The molecular weight excluding hydrogens is 541 g/mol. The zero-order valence-electron chi connectivity index (χ0n) is 20.6. The van der Waals surface area contributed by atoms with E-state index in [-0.39, 0.29) is 33.6 Å². The number of nitrogens with zero attached hydrogens (tertiary/aromatic N) is 2. The molecule has 0 saturated carbocycles. The van der Waals surface area contributed by atoms with E-state index in [0.717, 1.165) is 22.4 Å². The molecule has 0 fully saturated rings. The number of benzene rings is 4. The standard InChI is InChI=1S/C29H21Cl2N3O5/c1-2-38-27-14-18(12-21(16-32)29(35)33-26-11-10-22(34(36)37)15-24(26)30)13-25(31)28(27)39-17-20-8-5-7-19-6-3-4-9-23(19)20/h3-15H,2,17H2,1H3,(H,33,35)/b21-12-. The lowest BCUT2D eigenvalue weighted by atomic mass is 10.1. The van der Waals surface area contributed by atoms with Crippen LogP contribution in [0.4, 0.5) is 11.4 Å². The lowest BCUT2D eigenvalue weighted by Crippen LogP contribution is -2.13. The molecule has 0 aliphatic carbocycles. The van der Waals surface area contributed by atoms with Gasteiger partial charge in [-0.25, -0.2) is 0 Å². The average molecular weight is 562 g/mol. The number of halogens is 2. The van der Waals surface area contributed by atoms with E-state index in [9.17, 15) is 20.2 Å². The van der Waals surface area contributed by atoms with E-state index >= 15 is 0 Å². The van der Waals surface area contributed by atoms with E-state index in [1.165, 1.54) is 18.2 Å². The van der Waals surface area contributed by atoms with E-state index in [4.69, 9.17) is 32.7 Å². The third kappa shape index (κ3) is 6.47. The van der Waals surface area contributed by atoms with Gasteiger partial charge in [0.1, 0.15) is 18.2 Å². The van der Waals surface area contributed by atoms with Gasteiger partial charge in [0.05, 0.1) is 27.3 Å². The smallest absolute Gasteiger partial charge is 0.271 e. The first-order chi connectivity index (χ1) is 18.8. The lowest BCUT2D eigenvalue weighted by Gasteiger charge is -2.15. The molecule has 0 saturated heterocycles. The van der Waals surface area contributed by atoms with Gasteiger partial charge >= 0.3 is 0 Å². The van der Waals surface area contributed by atoms with E-state index in [1.807, 2.05) is 55.5 Å². The van der Waals surface area contributed by atoms with Crippen molar-refractivity contribution in [2.75, 3.05) is 11.9 Å². The number of carbonyl (C=O) groups excluding carboxylic acids is 1. The zero-order chi connectivity index (χ0) is 27.9. The Kier molecular flexibility index (Phi) is 8.67. The van der Waals surface area contributed by atoms with Gasteiger partial charge in [0, 0.05) is 12.1 Å². The van der Waals surface area contributed by atoms with Gasteiger partial charge < -0.3 is 14.8 Å². The van der Waals surface area contributed by atoms with E-state index in [0.29, 0.717) is 23.7 Å². The summed E-state index contributed by atoms with van der Waals surface area (Å²) >= 11 is 12.6. The number of carbonyl (C=O) groups is 1. The molecule has 1 amide bonds. The van der Waals surface area contributed by atoms with Gasteiger partial charge in [-0.3, -0.25) is 14.9 Å². The van der Waals surface area contributed by atoms with E-state index in [2.05, 4.69) is 5.32 Å². The third-order valence-corrected chi connectivity index (χ3v) is 6.26. The Labute approximate surface area is 234 Å². The van der Waals surface area contributed by atoms with Crippen molar-refractivity contribution in [2.45, 2.75) is 13.5 Å². The molecule has 1 N–H and O–H groups in total. The minimum atomic E-state index is -0.751. The number of anilines is 1. The Hall–Kier alpha value is -4.58. The Morgan fingerprint density at radius 1 is 1.05 bits per heavy atom. The molecule has 4 aromatic carbocycles. The number of nitriles is 1. The predicted octanol–water partition coefficient (Wildman–Crippen LogP) is 7.58. The number of hydrogen-bond donors (Lipinski definition) is 1. The number of ether oxygens (including phenoxy) is 2. The molecule has 4 aromatic rings. The monoisotopic (exact) mass is 561 g/mol. The number of fused-ring (bicyclic) bond motifs is 1. The van der Waals surface area contributed by atoms with Crippen LogP contribution in [-0.4, -0.2) is 17.4 Å². The first-order valence-corrected chi connectivity index (χ1v) is 12.5. The molecule has 39 heavy (non-hydrogen) atoms. The van der Waals surface area contributed by atoms with Crippen molar-refractivity contribution in [1.29, 1.82) is 5.26 Å². The maximum atomic E-state index is 12.8. The molecule has 4 rings (SSSR count). The summed E-state index contributed by atoms with van der Waals surface area (Å²) in [5, 5.41) is 25.4. The second-order valence-corrected chi connectivity index (χ2v) is 9.05. The fourth-order valence-corrected chi connectivity index (χ4v) is 4.36. The molecule has 8 nitrogen and oxygen atoms in total. The Morgan fingerprint density at radius 2 is 1.82 bits per heavy atom. The number of nitrogens with one attached hydrogen (secondary N) is 1. The summed E-state index contributed by atoms with van der Waals surface area (Å²) in [6, 6.07) is 22.6. The van der Waals surface area contributed by atoms with Crippen LogP contribution in [-0.2, 0) is 11.4 Å². The van der Waals surface area contributed by atoms with Crippen molar-refractivity contribution >= 4 is 57.3 Å². The Bertz CT molecular complexity index is 1640. The van der Waals surface area contributed by atoms with Gasteiger partial charge in [0.25, 0.3) is 11.6 Å². The lowest BCUT2D eigenvalue weighted by molar-refractivity contribution is -0.384. The maximum absolute atomic E-state index is 12.8. The average Bonchev–Trinajstić information content (AvgIpc) is 2.92. The quantitative estimate of drug-likeness (QED) is 0.0974. The number of non-ortho nitro benzene ring substituents is 1. The highest BCUT2D eigenvalue weighted by molar-refractivity contribution is 6.34. The minimum absolute atomic E-state index is 0.0378. The second-order valence-electron chi connectivity index (χ2n) is 8.24. The first kappa shape index (κ1) is 27.5. The van der Waals surface area contributed by atoms with Crippen LogP contribution in [0, 0.1) is 21.4 Å². The molecular formula is C29H21Cl2N3O5. The molecule has 0 bridgehead atoms. The SMILES string of the molecule is CCOc1cc(/C=C(/C#N)C(=O)Nc2ccc([N+](=O)[O-])cc2Cl)cc(Cl)c1OCc1cccc2ccccc12. The van der Waals surface area contributed by atoms with Crippen LogP contribution in [0.1, 0.15) is 18.1 Å². The molecule has 196 valence electrons. The van der Waals surface area contributed by atoms with Crippen molar-refractivity contribution in [3.05, 3.63) is 110 Å². The number of amides is 1. The van der Waals surface area contributed by atoms with E-state index < -0.39 is 10.8 Å². The highest BCUT2D eigenvalue weighted by Crippen LogP contribution is 2.38. The zero-order valence-corrected chi connectivity index (χ0v) is 22.1. The summed E-state index contributed by atoms with van der Waals surface area (Å²) in [4.78, 5) is 23.1. The second kappa shape index (κ2) is 12.3. The van der Waals surface area contributed by atoms with Gasteiger partial charge in [-0.1, -0.05) is 65.7 Å². The predicted molar refractivity (Wildman–Crippen MR) is 151 cm³/mol. The minimum Gasteiger partial charge on any atom is -0.490 e. The molecule has 0 aromatic heterocycles. The fourth-order valence-electron chi connectivity index (χ4n) is 3.87. The summed E-state index contributed by atoms with van der Waals surface area (Å²) in [7, 11) is 0. The van der Waals surface area contributed by atoms with Crippen LogP contribution in [0.5, 0.6) is 11.5 Å². The summed E-state index contributed by atoms with van der Waals surface area (Å²) in [6.07, 6.45) is 1.34. The summed E-state index contributed by atoms with van der Waals surface area (Å²) in [6.45, 7) is 2.39. The molecule has 0 spiro atoms. The van der Waals surface area contributed by atoms with Crippen molar-refractivity contribution in [2.24, 2.45) is 0 Å². The number of hydrogen-bond acceptors (Lipinski definition) is 6. The first-order valence-electron chi connectivity index (χ1n) is 11.7. The molecule has 0 aliphatic rings. The topological polar surface area (TPSA) is 114 Å². The van der Waals surface area contributed by atoms with Crippen LogP contribution in [0.25, 0.3) is 16.8 Å². The molecule has 10 heteroatoms. The van der Waals surface area contributed by atoms with Crippen molar-refractivity contribution < 1.29 is 19.2 Å². The van der Waals surface area contributed by atoms with Gasteiger partial charge in [-0.15, -0.1) is 0 Å². The summed E-state index contributed by atoms with van der Waals surface area (Å²) in [5.74, 6) is -0.0598. The van der Waals surface area contributed by atoms with Crippen molar-refractivity contribution in [3.63, 3.8) is 0 Å². The van der Waals surface area contributed by atoms with E-state index in [1.54, 1.807) is 12.1 Å². The van der Waals surface area contributed by atoms with Crippen LogP contribution in [0.2, 0.25) is 10.0 Å². The fraction of sp³-hybridized carbons (Fsp3) is 0.103. The highest BCUT2D eigenvalue weighted by Gasteiger charge is 2.17. The Morgan fingerprint density at radius 3 is 2.54 bits per heavy atom. The maximum Gasteiger partial charge on any atom is 0.271 e. The number of nitro groups is 1. The normalized spacial score (nSPS) is 11.1. The highest BCUT2D eigenvalue weighted by atomic mass is 35.5.